The molecular weight excluding hydrogens is 259 g/mol. The van der Waals surface area contributed by atoms with Gasteiger partial charge < -0.3 is 0 Å². The van der Waals surface area contributed by atoms with Crippen LogP contribution in [-0.2, 0) is 7.05 Å². The zero-order chi connectivity index (χ0) is 12.2. The first kappa shape index (κ1) is 10.7. The summed E-state index contributed by atoms with van der Waals surface area (Å²) in [6, 6.07) is 8.64. The fraction of sp³-hybridized carbons (Fsp3) is 0.0833. The summed E-state index contributed by atoms with van der Waals surface area (Å²) in [5.74, 6) is 0. The Balaban J connectivity index is 2.70. The van der Waals surface area contributed by atoms with E-state index in [1.54, 1.807) is 34.8 Å². The summed E-state index contributed by atoms with van der Waals surface area (Å²) in [4.78, 5) is 12.2. The molecule has 86 valence electrons. The van der Waals surface area contributed by atoms with E-state index in [0.29, 0.717) is 21.1 Å². The van der Waals surface area contributed by atoms with Crippen LogP contribution in [0.4, 0.5) is 0 Å². The van der Waals surface area contributed by atoms with E-state index in [1.165, 1.54) is 0 Å². The summed E-state index contributed by atoms with van der Waals surface area (Å²) >= 11 is 12.0. The molecule has 17 heavy (non-hydrogen) atoms. The fourth-order valence-corrected chi connectivity index (χ4v) is 2.52. The molecule has 0 aliphatic rings. The van der Waals surface area contributed by atoms with Crippen LogP contribution in [0.15, 0.2) is 35.1 Å². The monoisotopic (exact) mass is 266 g/mol. The highest BCUT2D eigenvalue weighted by atomic mass is 35.5. The van der Waals surface area contributed by atoms with Crippen LogP contribution in [0, 0.1) is 0 Å². The summed E-state index contributed by atoms with van der Waals surface area (Å²) in [6.07, 6.45) is 0. The van der Waals surface area contributed by atoms with Crippen molar-refractivity contribution in [2.45, 2.75) is 0 Å². The van der Waals surface area contributed by atoms with Crippen LogP contribution in [0.5, 0.6) is 0 Å². The Morgan fingerprint density at radius 3 is 2.59 bits per heavy atom. The third-order valence-electron chi connectivity index (χ3n) is 2.89. The molecule has 0 bridgehead atoms. The largest absolute Gasteiger partial charge is 0.287 e. The lowest BCUT2D eigenvalue weighted by Gasteiger charge is -2.10. The average Bonchev–Trinajstić information content (AvgIpc) is 2.68. The van der Waals surface area contributed by atoms with Gasteiger partial charge in [-0.2, -0.15) is 0 Å². The maximum Gasteiger partial charge on any atom is 0.213 e. The fourth-order valence-electron chi connectivity index (χ4n) is 2.09. The highest BCUT2D eigenvalue weighted by Gasteiger charge is 2.10. The molecule has 3 aromatic rings. The maximum absolute atomic E-state index is 12.2. The Labute approximate surface area is 107 Å². The predicted molar refractivity (Wildman–Crippen MR) is 70.2 cm³/mol. The first-order chi connectivity index (χ1) is 8.09. The molecule has 0 aliphatic carbocycles. The third kappa shape index (κ3) is 1.39. The molecule has 0 aliphatic heterocycles. The normalized spacial score (nSPS) is 11.5. The third-order valence-corrected chi connectivity index (χ3v) is 3.42. The minimum atomic E-state index is -0.0401. The number of rotatable bonds is 0. The van der Waals surface area contributed by atoms with Gasteiger partial charge in [-0.25, -0.2) is 4.52 Å². The van der Waals surface area contributed by atoms with Gasteiger partial charge in [0.05, 0.1) is 5.52 Å². The van der Waals surface area contributed by atoms with Crippen molar-refractivity contribution in [1.82, 2.24) is 9.20 Å². The highest BCUT2D eigenvalue weighted by Crippen LogP contribution is 2.20. The lowest BCUT2D eigenvalue weighted by molar-refractivity contribution is 0.720. The lowest BCUT2D eigenvalue weighted by atomic mass is 10.2. The van der Waals surface area contributed by atoms with Gasteiger partial charge in [-0.05, 0) is 30.3 Å². The van der Waals surface area contributed by atoms with Gasteiger partial charge in [-0.1, -0.05) is 23.2 Å². The molecule has 2 heterocycles. The topological polar surface area (TPSA) is 26.4 Å². The molecule has 0 unspecified atom stereocenters. The number of halogens is 2. The molecule has 0 amide bonds. The number of aryl methyl sites for hydroxylation is 1. The quantitative estimate of drug-likeness (QED) is 0.614. The second kappa shape index (κ2) is 3.52. The zero-order valence-corrected chi connectivity index (χ0v) is 10.5. The number of fused-ring (bicyclic) bond motifs is 2. The minimum absolute atomic E-state index is 0.0401. The van der Waals surface area contributed by atoms with Crippen molar-refractivity contribution in [3.05, 3.63) is 50.7 Å². The van der Waals surface area contributed by atoms with Crippen molar-refractivity contribution in [3.63, 3.8) is 0 Å². The Morgan fingerprint density at radius 2 is 1.82 bits per heavy atom. The highest BCUT2D eigenvalue weighted by molar-refractivity contribution is 6.31. The molecule has 0 N–H and O–H groups in total. The van der Waals surface area contributed by atoms with Crippen molar-refractivity contribution in [1.29, 1.82) is 0 Å². The van der Waals surface area contributed by atoms with E-state index in [-0.39, 0.29) is 5.43 Å². The van der Waals surface area contributed by atoms with Gasteiger partial charge in [-0.15, -0.1) is 0 Å². The zero-order valence-electron chi connectivity index (χ0n) is 8.95. The molecule has 0 spiro atoms. The van der Waals surface area contributed by atoms with E-state index in [1.807, 2.05) is 11.7 Å². The second-order valence-electron chi connectivity index (χ2n) is 3.87. The summed E-state index contributed by atoms with van der Waals surface area (Å²) in [6.45, 7) is 0. The van der Waals surface area contributed by atoms with E-state index in [4.69, 9.17) is 23.2 Å². The molecule has 0 fully saturated rings. The molecule has 2 aromatic heterocycles. The SMILES string of the molecule is Cn1c2cc(Cl)ccc2c(=O)c2ccc(Cl)n21. The molecule has 3 nitrogen and oxygen atoms in total. The van der Waals surface area contributed by atoms with Crippen LogP contribution in [-0.4, -0.2) is 9.20 Å². The Kier molecular flexibility index (Phi) is 2.21. The Hall–Kier alpha value is -1.45. The Bertz CT molecular complexity index is 801. The van der Waals surface area contributed by atoms with E-state index in [9.17, 15) is 4.79 Å². The van der Waals surface area contributed by atoms with Gasteiger partial charge >= 0.3 is 0 Å². The van der Waals surface area contributed by atoms with E-state index >= 15 is 0 Å². The number of aromatic nitrogens is 2. The maximum atomic E-state index is 12.2. The predicted octanol–water partition coefficient (Wildman–Crippen LogP) is 3.10. The lowest BCUT2D eigenvalue weighted by Crippen LogP contribution is -2.15. The van der Waals surface area contributed by atoms with Crippen LogP contribution in [0.1, 0.15) is 0 Å². The van der Waals surface area contributed by atoms with Crippen LogP contribution in [0.3, 0.4) is 0 Å². The molecule has 1 aromatic carbocycles. The number of hydrogen-bond acceptors (Lipinski definition) is 1. The molecule has 5 heteroatoms. The Morgan fingerprint density at radius 1 is 1.06 bits per heavy atom. The van der Waals surface area contributed by atoms with Gasteiger partial charge in [0.2, 0.25) is 5.43 Å². The molecular formula is C12H8Cl2N2O. The summed E-state index contributed by atoms with van der Waals surface area (Å²) in [5.41, 5.74) is 1.28. The molecule has 3 rings (SSSR count). The van der Waals surface area contributed by atoms with Gasteiger partial charge in [0.15, 0.2) is 0 Å². The summed E-state index contributed by atoms with van der Waals surface area (Å²) < 4.78 is 3.49. The van der Waals surface area contributed by atoms with E-state index in [2.05, 4.69) is 0 Å². The van der Waals surface area contributed by atoms with Crippen LogP contribution in [0.25, 0.3) is 16.4 Å². The van der Waals surface area contributed by atoms with Crippen LogP contribution < -0.4 is 5.43 Å². The van der Waals surface area contributed by atoms with Crippen LogP contribution >= 0.6 is 23.2 Å². The average molecular weight is 267 g/mol. The van der Waals surface area contributed by atoms with Gasteiger partial charge in [0, 0.05) is 17.5 Å². The van der Waals surface area contributed by atoms with Gasteiger partial charge in [0.1, 0.15) is 10.7 Å². The van der Waals surface area contributed by atoms with E-state index < -0.39 is 0 Å². The molecule has 0 saturated heterocycles. The van der Waals surface area contributed by atoms with Crippen molar-refractivity contribution in [2.75, 3.05) is 0 Å². The number of nitrogens with zero attached hydrogens (tertiary/aromatic N) is 2. The summed E-state index contributed by atoms with van der Waals surface area (Å²) in [7, 11) is 1.84. The molecule has 0 atom stereocenters. The van der Waals surface area contributed by atoms with Crippen molar-refractivity contribution >= 4 is 39.6 Å². The smallest absolute Gasteiger partial charge is 0.213 e. The van der Waals surface area contributed by atoms with E-state index in [0.717, 1.165) is 5.52 Å². The van der Waals surface area contributed by atoms with Crippen molar-refractivity contribution < 1.29 is 0 Å². The van der Waals surface area contributed by atoms with Gasteiger partial charge in [-0.3, -0.25) is 9.48 Å². The van der Waals surface area contributed by atoms with Gasteiger partial charge in [0.25, 0.3) is 0 Å². The number of hydrogen-bond donors (Lipinski definition) is 0. The first-order valence-corrected chi connectivity index (χ1v) is 5.80. The standard InChI is InChI=1S/C12H8Cl2N2O/c1-15-10-6-7(13)2-3-8(10)12(17)9-4-5-11(14)16(9)15/h2-6H,1H3. The number of benzene rings is 1. The molecule has 0 saturated carbocycles. The van der Waals surface area contributed by atoms with Crippen molar-refractivity contribution in [2.24, 2.45) is 7.05 Å². The molecule has 0 radical (unpaired) electrons. The first-order valence-electron chi connectivity index (χ1n) is 5.05. The second-order valence-corrected chi connectivity index (χ2v) is 4.69. The summed E-state index contributed by atoms with van der Waals surface area (Å²) in [5, 5.41) is 1.73. The van der Waals surface area contributed by atoms with Crippen molar-refractivity contribution in [3.8, 4) is 0 Å². The minimum Gasteiger partial charge on any atom is -0.287 e. The van der Waals surface area contributed by atoms with Crippen LogP contribution in [0.2, 0.25) is 10.2 Å².